The van der Waals surface area contributed by atoms with E-state index in [0.717, 1.165) is 5.56 Å². The molecule has 1 aliphatic rings. The Kier molecular flexibility index (Phi) is 6.30. The molecule has 30 heavy (non-hydrogen) atoms. The Hall–Kier alpha value is -2.69. The number of hydrazone groups is 1. The maximum absolute atomic E-state index is 12.9. The molecule has 8 nitrogen and oxygen atoms in total. The first kappa shape index (κ1) is 22.0. The second kappa shape index (κ2) is 8.58. The lowest BCUT2D eigenvalue weighted by Crippen LogP contribution is -2.21. The highest BCUT2D eigenvalue weighted by Crippen LogP contribution is 2.37. The fourth-order valence-electron chi connectivity index (χ4n) is 2.91. The van der Waals surface area contributed by atoms with Gasteiger partial charge in [-0.2, -0.15) is 10.1 Å². The molecule has 2 N–H and O–H groups in total. The van der Waals surface area contributed by atoms with E-state index in [1.54, 1.807) is 26.2 Å². The van der Waals surface area contributed by atoms with Crippen LogP contribution >= 0.6 is 15.9 Å². The van der Waals surface area contributed by atoms with Gasteiger partial charge in [0.2, 0.25) is 10.0 Å². The molecule has 0 spiro atoms. The molecule has 0 radical (unpaired) electrons. The predicted octanol–water partition coefficient (Wildman–Crippen LogP) is 3.31. The van der Waals surface area contributed by atoms with Crippen molar-refractivity contribution in [2.45, 2.75) is 18.7 Å². The van der Waals surface area contributed by atoms with Crippen molar-refractivity contribution < 1.29 is 22.7 Å². The zero-order valence-electron chi connectivity index (χ0n) is 16.5. The Morgan fingerprint density at radius 2 is 1.90 bits per heavy atom. The number of methoxy groups -OCH3 is 1. The summed E-state index contributed by atoms with van der Waals surface area (Å²) in [7, 11) is -2.27. The van der Waals surface area contributed by atoms with E-state index in [1.165, 1.54) is 29.3 Å². The molecule has 0 bridgehead atoms. The SMILES string of the molecule is CCOc1c(Br)cc(/C=C2/C(=O)N(c3ccc(S(N)(=O)=O)cc3)N=C2C)cc1OC. The average Bonchev–Trinajstić information content (AvgIpc) is 2.97. The van der Waals surface area contributed by atoms with Crippen molar-refractivity contribution >= 4 is 49.3 Å². The minimum atomic E-state index is -3.81. The molecule has 2 aromatic carbocycles. The van der Waals surface area contributed by atoms with Gasteiger partial charge in [-0.15, -0.1) is 0 Å². The van der Waals surface area contributed by atoms with Gasteiger partial charge in [0.05, 0.1) is 40.1 Å². The van der Waals surface area contributed by atoms with Gasteiger partial charge in [0.15, 0.2) is 11.5 Å². The average molecular weight is 494 g/mol. The zero-order chi connectivity index (χ0) is 22.1. The van der Waals surface area contributed by atoms with Crippen molar-refractivity contribution in [1.82, 2.24) is 0 Å². The fraction of sp³-hybridized carbons (Fsp3) is 0.200. The van der Waals surface area contributed by atoms with Crippen LogP contribution in [0.4, 0.5) is 5.69 Å². The molecular weight excluding hydrogens is 474 g/mol. The van der Waals surface area contributed by atoms with Crippen molar-refractivity contribution in [3.63, 3.8) is 0 Å². The van der Waals surface area contributed by atoms with Crippen LogP contribution in [0, 0.1) is 0 Å². The van der Waals surface area contributed by atoms with Gasteiger partial charge >= 0.3 is 0 Å². The van der Waals surface area contributed by atoms with E-state index in [4.69, 9.17) is 14.6 Å². The van der Waals surface area contributed by atoms with Crippen LogP contribution in [-0.4, -0.2) is 33.8 Å². The molecule has 0 saturated carbocycles. The number of halogens is 1. The summed E-state index contributed by atoms with van der Waals surface area (Å²) < 4.78 is 34.5. The molecule has 0 saturated heterocycles. The van der Waals surface area contributed by atoms with Gasteiger partial charge in [-0.05, 0) is 77.8 Å². The molecule has 2 aromatic rings. The number of hydrogen-bond donors (Lipinski definition) is 1. The van der Waals surface area contributed by atoms with E-state index < -0.39 is 10.0 Å². The highest BCUT2D eigenvalue weighted by Gasteiger charge is 2.29. The smallest absolute Gasteiger partial charge is 0.280 e. The highest BCUT2D eigenvalue weighted by atomic mass is 79.9. The first-order valence-corrected chi connectivity index (χ1v) is 11.2. The van der Waals surface area contributed by atoms with E-state index >= 15 is 0 Å². The summed E-state index contributed by atoms with van der Waals surface area (Å²) in [4.78, 5) is 12.9. The van der Waals surface area contributed by atoms with Crippen molar-refractivity contribution in [3.8, 4) is 11.5 Å². The van der Waals surface area contributed by atoms with Crippen molar-refractivity contribution in [2.24, 2.45) is 10.2 Å². The van der Waals surface area contributed by atoms with Crippen LogP contribution in [0.1, 0.15) is 19.4 Å². The highest BCUT2D eigenvalue weighted by molar-refractivity contribution is 9.10. The number of carbonyl (C=O) groups excluding carboxylic acids is 1. The van der Waals surface area contributed by atoms with Gasteiger partial charge in [0, 0.05) is 0 Å². The van der Waals surface area contributed by atoms with Gasteiger partial charge < -0.3 is 9.47 Å². The Balaban J connectivity index is 1.94. The molecule has 10 heteroatoms. The normalized spacial score (nSPS) is 15.5. The van der Waals surface area contributed by atoms with E-state index in [0.29, 0.717) is 39.6 Å². The number of anilines is 1. The Morgan fingerprint density at radius 3 is 2.47 bits per heavy atom. The molecular formula is C20H20BrN3O5S. The number of nitrogens with zero attached hydrogens (tertiary/aromatic N) is 2. The number of sulfonamides is 1. The standard InChI is InChI=1S/C20H20BrN3O5S/c1-4-29-19-17(21)10-13(11-18(19)28-3)9-16-12(2)23-24(20(16)25)14-5-7-15(8-6-14)30(22,26)27/h5-11H,4H2,1-3H3,(H2,22,26,27)/b16-9+. The minimum Gasteiger partial charge on any atom is -0.493 e. The summed E-state index contributed by atoms with van der Waals surface area (Å²) in [5.41, 5.74) is 2.09. The molecule has 158 valence electrons. The number of primary sulfonamides is 1. The fourth-order valence-corrected chi connectivity index (χ4v) is 4.00. The quantitative estimate of drug-likeness (QED) is 0.620. The molecule has 1 heterocycles. The summed E-state index contributed by atoms with van der Waals surface area (Å²) >= 11 is 3.47. The summed E-state index contributed by atoms with van der Waals surface area (Å²) in [5.74, 6) is 0.787. The second-order valence-electron chi connectivity index (χ2n) is 6.37. The van der Waals surface area contributed by atoms with Crippen molar-refractivity contribution in [3.05, 3.63) is 52.0 Å². The summed E-state index contributed by atoms with van der Waals surface area (Å²) in [6.45, 7) is 4.09. The molecule has 0 fully saturated rings. The molecule has 3 rings (SSSR count). The Labute approximate surface area is 183 Å². The van der Waals surface area contributed by atoms with Crippen molar-refractivity contribution in [2.75, 3.05) is 18.7 Å². The van der Waals surface area contributed by atoms with Crippen LogP contribution in [-0.2, 0) is 14.8 Å². The summed E-state index contributed by atoms with van der Waals surface area (Å²) in [6, 6.07) is 9.22. The van der Waals surface area contributed by atoms with Crippen LogP contribution in [0.15, 0.2) is 56.4 Å². The zero-order valence-corrected chi connectivity index (χ0v) is 19.0. The molecule has 0 atom stereocenters. The Bertz CT molecular complexity index is 1160. The largest absolute Gasteiger partial charge is 0.493 e. The van der Waals surface area contributed by atoms with Crippen LogP contribution in [0.3, 0.4) is 0 Å². The number of amides is 1. The van der Waals surface area contributed by atoms with E-state index in [2.05, 4.69) is 21.0 Å². The van der Waals surface area contributed by atoms with Gasteiger partial charge in [0.25, 0.3) is 5.91 Å². The minimum absolute atomic E-state index is 0.0410. The maximum atomic E-state index is 12.9. The molecule has 1 aliphatic heterocycles. The maximum Gasteiger partial charge on any atom is 0.280 e. The first-order chi connectivity index (χ1) is 14.2. The molecule has 1 amide bonds. The topological polar surface area (TPSA) is 111 Å². The van der Waals surface area contributed by atoms with E-state index in [9.17, 15) is 13.2 Å². The van der Waals surface area contributed by atoms with Crippen LogP contribution in [0.25, 0.3) is 6.08 Å². The number of carbonyl (C=O) groups is 1. The third kappa shape index (κ3) is 4.40. The predicted molar refractivity (Wildman–Crippen MR) is 118 cm³/mol. The molecule has 0 unspecified atom stereocenters. The van der Waals surface area contributed by atoms with Crippen LogP contribution < -0.4 is 19.6 Å². The third-order valence-corrected chi connectivity index (χ3v) is 5.84. The second-order valence-corrected chi connectivity index (χ2v) is 8.78. The van der Waals surface area contributed by atoms with E-state index in [-0.39, 0.29) is 10.8 Å². The first-order valence-electron chi connectivity index (χ1n) is 8.90. The van der Waals surface area contributed by atoms with Gasteiger partial charge in [-0.3, -0.25) is 4.79 Å². The third-order valence-electron chi connectivity index (χ3n) is 4.32. The lowest BCUT2D eigenvalue weighted by molar-refractivity contribution is -0.114. The van der Waals surface area contributed by atoms with Gasteiger partial charge in [-0.25, -0.2) is 13.6 Å². The van der Waals surface area contributed by atoms with Gasteiger partial charge in [0.1, 0.15) is 0 Å². The van der Waals surface area contributed by atoms with Crippen LogP contribution in [0.5, 0.6) is 11.5 Å². The number of rotatable bonds is 6. The monoisotopic (exact) mass is 493 g/mol. The number of nitrogens with two attached hydrogens (primary N) is 1. The number of benzene rings is 2. The summed E-state index contributed by atoms with van der Waals surface area (Å²) in [5, 5.41) is 10.6. The van der Waals surface area contributed by atoms with Crippen molar-refractivity contribution in [1.29, 1.82) is 0 Å². The lowest BCUT2D eigenvalue weighted by Gasteiger charge is -2.13. The van der Waals surface area contributed by atoms with Crippen LogP contribution in [0.2, 0.25) is 0 Å². The Morgan fingerprint density at radius 1 is 1.23 bits per heavy atom. The number of hydrogen-bond acceptors (Lipinski definition) is 6. The molecule has 0 aromatic heterocycles. The van der Waals surface area contributed by atoms with Gasteiger partial charge in [-0.1, -0.05) is 0 Å². The summed E-state index contributed by atoms with van der Waals surface area (Å²) in [6.07, 6.45) is 1.71. The lowest BCUT2D eigenvalue weighted by atomic mass is 10.1. The molecule has 0 aliphatic carbocycles. The van der Waals surface area contributed by atoms with E-state index in [1.807, 2.05) is 13.0 Å². The number of ether oxygens (including phenoxy) is 2.